The molecule has 1 unspecified atom stereocenters. The summed E-state index contributed by atoms with van der Waals surface area (Å²) in [5, 5.41) is 9.87. The van der Waals surface area contributed by atoms with Gasteiger partial charge in [-0.2, -0.15) is 5.10 Å². The second kappa shape index (κ2) is 8.17. The van der Waals surface area contributed by atoms with Crippen LogP contribution in [0.4, 0.5) is 20.3 Å². The van der Waals surface area contributed by atoms with Gasteiger partial charge in [-0.25, -0.2) is 13.5 Å². The van der Waals surface area contributed by atoms with E-state index in [1.54, 1.807) is 7.11 Å². The molecule has 0 radical (unpaired) electrons. The Bertz CT molecular complexity index is 1180. The van der Waals surface area contributed by atoms with Gasteiger partial charge in [0.05, 0.1) is 19.2 Å². The van der Waals surface area contributed by atoms with Gasteiger partial charge in [-0.3, -0.25) is 9.59 Å². The van der Waals surface area contributed by atoms with Crippen molar-refractivity contribution in [1.29, 1.82) is 0 Å². The summed E-state index contributed by atoms with van der Waals surface area (Å²) < 4.78 is 33.3. The van der Waals surface area contributed by atoms with E-state index in [2.05, 4.69) is 15.7 Å². The highest BCUT2D eigenvalue weighted by molar-refractivity contribution is 6.04. The van der Waals surface area contributed by atoms with Crippen molar-refractivity contribution in [2.75, 3.05) is 17.7 Å². The lowest BCUT2D eigenvalue weighted by atomic mass is 10.0. The summed E-state index contributed by atoms with van der Waals surface area (Å²) in [5.74, 6) is -1.77. The lowest BCUT2D eigenvalue weighted by Crippen LogP contribution is -2.24. The number of amides is 2. The van der Waals surface area contributed by atoms with Gasteiger partial charge < -0.3 is 15.4 Å². The van der Waals surface area contributed by atoms with Crippen molar-refractivity contribution >= 4 is 23.3 Å². The van der Waals surface area contributed by atoms with Gasteiger partial charge in [-0.15, -0.1) is 0 Å². The number of aromatic nitrogens is 2. The molecule has 0 fully saturated rings. The van der Waals surface area contributed by atoms with Crippen molar-refractivity contribution < 1.29 is 23.1 Å². The highest BCUT2D eigenvalue weighted by Gasteiger charge is 2.36. The Morgan fingerprint density at radius 2 is 2.03 bits per heavy atom. The van der Waals surface area contributed by atoms with Crippen LogP contribution in [0.15, 0.2) is 42.5 Å². The highest BCUT2D eigenvalue weighted by atomic mass is 19.2. The number of methoxy groups -OCH3 is 1. The van der Waals surface area contributed by atoms with Crippen LogP contribution in [0.5, 0.6) is 5.75 Å². The minimum Gasteiger partial charge on any atom is -0.497 e. The minimum atomic E-state index is -1.07. The first-order valence-electron chi connectivity index (χ1n) is 9.72. The van der Waals surface area contributed by atoms with Gasteiger partial charge >= 0.3 is 0 Å². The third-order valence-corrected chi connectivity index (χ3v) is 5.10. The Labute approximate surface area is 177 Å². The molecule has 0 spiro atoms. The summed E-state index contributed by atoms with van der Waals surface area (Å²) in [4.78, 5) is 25.1. The van der Waals surface area contributed by atoms with E-state index >= 15 is 0 Å². The zero-order valence-electron chi connectivity index (χ0n) is 16.9. The maximum Gasteiger partial charge on any atom is 0.251 e. The number of nitrogens with zero attached hydrogens (tertiary/aromatic N) is 2. The van der Waals surface area contributed by atoms with Crippen LogP contribution >= 0.6 is 0 Å². The molecule has 160 valence electrons. The Kier molecular flexibility index (Phi) is 5.41. The second-order valence-corrected chi connectivity index (χ2v) is 7.09. The fourth-order valence-corrected chi connectivity index (χ4v) is 3.61. The number of carbonyl (C=O) groups is 2. The SMILES string of the molecule is CCc1nn2c(c1-c1cccc(OC)c1)NC(=O)C2CC(=O)Nc1ccc(F)c(F)c1. The van der Waals surface area contributed by atoms with Crippen LogP contribution < -0.4 is 15.4 Å². The number of nitrogens with one attached hydrogen (secondary N) is 2. The first kappa shape index (κ1) is 20.5. The molecule has 4 rings (SSSR count). The monoisotopic (exact) mass is 426 g/mol. The molecule has 0 saturated carbocycles. The predicted molar refractivity (Wildman–Crippen MR) is 111 cm³/mol. The molecule has 31 heavy (non-hydrogen) atoms. The highest BCUT2D eigenvalue weighted by Crippen LogP contribution is 2.39. The smallest absolute Gasteiger partial charge is 0.251 e. The van der Waals surface area contributed by atoms with Crippen LogP contribution in [0.3, 0.4) is 0 Å². The van der Waals surface area contributed by atoms with Crippen molar-refractivity contribution in [3.63, 3.8) is 0 Å². The molecule has 2 N–H and O–H groups in total. The lowest BCUT2D eigenvalue weighted by Gasteiger charge is -2.10. The predicted octanol–water partition coefficient (Wildman–Crippen LogP) is 3.92. The van der Waals surface area contributed by atoms with Crippen LogP contribution in [-0.2, 0) is 16.0 Å². The van der Waals surface area contributed by atoms with Crippen LogP contribution in [0.1, 0.15) is 25.1 Å². The van der Waals surface area contributed by atoms with E-state index in [0.29, 0.717) is 18.0 Å². The summed E-state index contributed by atoms with van der Waals surface area (Å²) in [6.45, 7) is 1.95. The molecular formula is C22H20F2N4O3. The molecule has 1 atom stereocenters. The van der Waals surface area contributed by atoms with Gasteiger partial charge in [0.15, 0.2) is 11.6 Å². The zero-order valence-corrected chi connectivity index (χ0v) is 16.9. The van der Waals surface area contributed by atoms with Crippen LogP contribution in [-0.4, -0.2) is 28.7 Å². The number of hydrogen-bond acceptors (Lipinski definition) is 4. The molecule has 0 bridgehead atoms. The summed E-state index contributed by atoms with van der Waals surface area (Å²) in [6, 6.07) is 9.63. The summed E-state index contributed by atoms with van der Waals surface area (Å²) in [5.41, 5.74) is 2.49. The van der Waals surface area contributed by atoms with Gasteiger partial charge in [-0.05, 0) is 36.2 Å². The molecule has 2 amide bonds. The zero-order chi connectivity index (χ0) is 22.1. The Morgan fingerprint density at radius 3 is 2.74 bits per heavy atom. The Balaban J connectivity index is 1.61. The average molecular weight is 426 g/mol. The normalized spacial score (nSPS) is 14.8. The fraction of sp³-hybridized carbons (Fsp3) is 0.227. The third-order valence-electron chi connectivity index (χ3n) is 5.10. The summed E-state index contributed by atoms with van der Waals surface area (Å²) >= 11 is 0. The number of anilines is 2. The van der Waals surface area contributed by atoms with Crippen LogP contribution in [0, 0.1) is 11.6 Å². The van der Waals surface area contributed by atoms with E-state index in [9.17, 15) is 18.4 Å². The number of ether oxygens (including phenoxy) is 1. The molecular weight excluding hydrogens is 406 g/mol. The number of rotatable bonds is 6. The molecule has 1 aliphatic heterocycles. The van der Waals surface area contributed by atoms with Gasteiger partial charge in [0, 0.05) is 17.3 Å². The number of aryl methyl sites for hydroxylation is 1. The molecule has 2 aromatic carbocycles. The topological polar surface area (TPSA) is 85.2 Å². The number of benzene rings is 2. The number of hydrogen-bond donors (Lipinski definition) is 2. The molecule has 7 nitrogen and oxygen atoms in total. The van der Waals surface area contributed by atoms with E-state index in [-0.39, 0.29) is 18.0 Å². The van der Waals surface area contributed by atoms with E-state index < -0.39 is 23.6 Å². The largest absolute Gasteiger partial charge is 0.497 e. The summed E-state index contributed by atoms with van der Waals surface area (Å²) in [7, 11) is 1.58. The number of fused-ring (bicyclic) bond motifs is 1. The standard InChI is InChI=1S/C22H20F2N4O3/c1-3-17-20(12-5-4-6-14(9-12)31-2)21-26-22(30)18(28(21)27-17)11-19(29)25-13-7-8-15(23)16(24)10-13/h4-10,18H,3,11H2,1-2H3,(H,25,29)(H,26,30). The van der Waals surface area contributed by atoms with Crippen molar-refractivity contribution in [3.05, 3.63) is 59.8 Å². The van der Waals surface area contributed by atoms with E-state index in [1.165, 1.54) is 10.7 Å². The van der Waals surface area contributed by atoms with Gasteiger partial charge in [-0.1, -0.05) is 19.1 Å². The van der Waals surface area contributed by atoms with E-state index in [1.807, 2.05) is 31.2 Å². The Morgan fingerprint density at radius 1 is 1.23 bits per heavy atom. The van der Waals surface area contributed by atoms with E-state index in [0.717, 1.165) is 29.0 Å². The molecule has 3 aromatic rings. The molecule has 9 heteroatoms. The maximum absolute atomic E-state index is 13.4. The first-order valence-corrected chi connectivity index (χ1v) is 9.72. The quantitative estimate of drug-likeness (QED) is 0.626. The van der Waals surface area contributed by atoms with Crippen molar-refractivity contribution in [1.82, 2.24) is 9.78 Å². The first-order chi connectivity index (χ1) is 14.9. The molecule has 0 aliphatic carbocycles. The molecule has 0 saturated heterocycles. The van der Waals surface area contributed by atoms with Gasteiger partial charge in [0.1, 0.15) is 17.6 Å². The molecule has 1 aliphatic rings. The minimum absolute atomic E-state index is 0.106. The number of halogens is 2. The van der Waals surface area contributed by atoms with Crippen LogP contribution in [0.25, 0.3) is 11.1 Å². The molecule has 2 heterocycles. The average Bonchev–Trinajstić information content (AvgIpc) is 3.26. The maximum atomic E-state index is 13.4. The van der Waals surface area contributed by atoms with Crippen LogP contribution in [0.2, 0.25) is 0 Å². The molecule has 1 aromatic heterocycles. The second-order valence-electron chi connectivity index (χ2n) is 7.09. The Hall–Kier alpha value is -3.75. The van der Waals surface area contributed by atoms with Crippen molar-refractivity contribution in [2.24, 2.45) is 0 Å². The summed E-state index contributed by atoms with van der Waals surface area (Å²) in [6.07, 6.45) is 0.413. The van der Waals surface area contributed by atoms with E-state index in [4.69, 9.17) is 4.74 Å². The van der Waals surface area contributed by atoms with Crippen molar-refractivity contribution in [3.8, 4) is 16.9 Å². The third kappa shape index (κ3) is 3.86. The van der Waals surface area contributed by atoms with Crippen molar-refractivity contribution in [2.45, 2.75) is 25.8 Å². The van der Waals surface area contributed by atoms with Gasteiger partial charge in [0.2, 0.25) is 5.91 Å². The van der Waals surface area contributed by atoms with Gasteiger partial charge in [0.25, 0.3) is 5.91 Å². The lowest BCUT2D eigenvalue weighted by molar-refractivity contribution is -0.123. The number of carbonyl (C=O) groups excluding carboxylic acids is 2. The fourth-order valence-electron chi connectivity index (χ4n) is 3.61.